The van der Waals surface area contributed by atoms with Crippen LogP contribution in [0.5, 0.6) is 0 Å². The highest BCUT2D eigenvalue weighted by atomic mass is 16.2. The predicted octanol–water partition coefficient (Wildman–Crippen LogP) is 2.47. The second-order valence-electron chi connectivity index (χ2n) is 6.18. The van der Waals surface area contributed by atoms with Gasteiger partial charge in [0, 0.05) is 19.5 Å². The number of rotatable bonds is 4. The van der Waals surface area contributed by atoms with Gasteiger partial charge >= 0.3 is 0 Å². The lowest BCUT2D eigenvalue weighted by molar-refractivity contribution is -0.154. The average molecular weight is 296 g/mol. The fourth-order valence-electron chi connectivity index (χ4n) is 2.87. The zero-order valence-corrected chi connectivity index (χ0v) is 12.9. The second kappa shape index (κ2) is 5.44. The molecule has 2 amide bonds. The van der Waals surface area contributed by atoms with E-state index in [9.17, 15) is 9.59 Å². The molecule has 4 nitrogen and oxygen atoms in total. The summed E-state index contributed by atoms with van der Waals surface area (Å²) in [6, 6.07) is 14.2. The molecule has 1 saturated heterocycles. The molecule has 0 bridgehead atoms. The minimum atomic E-state index is -0.792. The minimum Gasteiger partial charge on any atom is -0.350 e. The topological polar surface area (TPSA) is 49.4 Å². The Morgan fingerprint density at radius 2 is 1.91 bits per heavy atom. The summed E-state index contributed by atoms with van der Waals surface area (Å²) in [4.78, 5) is 25.7. The van der Waals surface area contributed by atoms with Gasteiger partial charge in [-0.25, -0.2) is 0 Å². The number of carbonyl (C=O) groups is 2. The van der Waals surface area contributed by atoms with Gasteiger partial charge in [0.15, 0.2) is 0 Å². The number of β-lactam (4-membered cyclic amide) rings is 1. The number of benzene rings is 2. The Labute approximate surface area is 130 Å². The molecule has 22 heavy (non-hydrogen) atoms. The van der Waals surface area contributed by atoms with Gasteiger partial charge in [-0.15, -0.1) is 0 Å². The average Bonchev–Trinajstić information content (AvgIpc) is 2.50. The van der Waals surface area contributed by atoms with E-state index in [4.69, 9.17) is 0 Å². The number of amides is 2. The maximum Gasteiger partial charge on any atom is 0.245 e. The molecule has 0 aromatic heterocycles. The van der Waals surface area contributed by atoms with Crippen molar-refractivity contribution in [2.75, 3.05) is 6.54 Å². The van der Waals surface area contributed by atoms with Gasteiger partial charge in [-0.1, -0.05) is 42.5 Å². The summed E-state index contributed by atoms with van der Waals surface area (Å²) in [6.45, 7) is 4.71. The van der Waals surface area contributed by atoms with Crippen molar-refractivity contribution in [3.8, 4) is 0 Å². The molecule has 1 heterocycles. The molecule has 1 aliphatic rings. The summed E-state index contributed by atoms with van der Waals surface area (Å²) in [7, 11) is 0. The Hall–Kier alpha value is -2.36. The lowest BCUT2D eigenvalue weighted by Gasteiger charge is -2.43. The van der Waals surface area contributed by atoms with Crippen LogP contribution in [0.15, 0.2) is 42.5 Å². The first-order chi connectivity index (χ1) is 10.5. The van der Waals surface area contributed by atoms with E-state index in [2.05, 4.69) is 23.5 Å². The third-order valence-electron chi connectivity index (χ3n) is 4.40. The van der Waals surface area contributed by atoms with Gasteiger partial charge in [0.1, 0.15) is 5.54 Å². The zero-order valence-electron chi connectivity index (χ0n) is 12.9. The SMILES string of the molecule is CC(C)(C(=O)NCc1cccc2ccccc12)N1CCC1=O. The molecule has 0 spiro atoms. The Bertz CT molecular complexity index is 731. The highest BCUT2D eigenvalue weighted by Gasteiger charge is 2.42. The number of likely N-dealkylation sites (tertiary alicyclic amines) is 1. The molecule has 2 aromatic rings. The van der Waals surface area contributed by atoms with Gasteiger partial charge < -0.3 is 10.2 Å². The van der Waals surface area contributed by atoms with Crippen molar-refractivity contribution >= 4 is 22.6 Å². The summed E-state index contributed by atoms with van der Waals surface area (Å²) in [6.07, 6.45) is 0.542. The van der Waals surface area contributed by atoms with E-state index < -0.39 is 5.54 Å². The summed E-state index contributed by atoms with van der Waals surface area (Å²) in [5, 5.41) is 5.27. The molecule has 1 aliphatic heterocycles. The Morgan fingerprint density at radius 1 is 1.18 bits per heavy atom. The van der Waals surface area contributed by atoms with Gasteiger partial charge in [-0.05, 0) is 30.2 Å². The fourth-order valence-corrected chi connectivity index (χ4v) is 2.87. The van der Waals surface area contributed by atoms with Crippen LogP contribution in [-0.2, 0) is 16.1 Å². The van der Waals surface area contributed by atoms with Crippen molar-refractivity contribution in [2.24, 2.45) is 0 Å². The van der Waals surface area contributed by atoms with Crippen molar-refractivity contribution < 1.29 is 9.59 Å². The molecule has 114 valence electrons. The summed E-state index contributed by atoms with van der Waals surface area (Å²) >= 11 is 0. The second-order valence-corrected chi connectivity index (χ2v) is 6.18. The van der Waals surface area contributed by atoms with Crippen LogP contribution < -0.4 is 5.32 Å². The molecule has 2 aromatic carbocycles. The maximum atomic E-state index is 12.4. The normalized spacial score (nSPS) is 14.8. The van der Waals surface area contributed by atoms with Crippen molar-refractivity contribution in [3.05, 3.63) is 48.0 Å². The molecule has 1 fully saturated rings. The van der Waals surface area contributed by atoms with E-state index in [1.807, 2.05) is 24.3 Å². The summed E-state index contributed by atoms with van der Waals surface area (Å²) in [5.41, 5.74) is 0.289. The zero-order chi connectivity index (χ0) is 15.7. The van der Waals surface area contributed by atoms with Crippen molar-refractivity contribution in [2.45, 2.75) is 32.4 Å². The van der Waals surface area contributed by atoms with E-state index in [-0.39, 0.29) is 11.8 Å². The third kappa shape index (κ3) is 2.45. The van der Waals surface area contributed by atoms with Crippen molar-refractivity contribution in [3.63, 3.8) is 0 Å². The Morgan fingerprint density at radius 3 is 2.59 bits per heavy atom. The van der Waals surface area contributed by atoms with Gasteiger partial charge in [-0.3, -0.25) is 9.59 Å². The Kier molecular flexibility index (Phi) is 3.61. The largest absolute Gasteiger partial charge is 0.350 e. The molecule has 3 rings (SSSR count). The van der Waals surface area contributed by atoms with Crippen molar-refractivity contribution in [1.82, 2.24) is 10.2 Å². The summed E-state index contributed by atoms with van der Waals surface area (Å²) in [5.74, 6) is -0.0706. The standard InChI is InChI=1S/C18H20N2O2/c1-18(2,20-11-10-16(20)21)17(22)19-12-14-8-5-7-13-6-3-4-9-15(13)14/h3-9H,10-12H2,1-2H3,(H,19,22). The van der Waals surface area contributed by atoms with Crippen LogP contribution >= 0.6 is 0 Å². The van der Waals surface area contributed by atoms with Crippen LogP contribution in [0.2, 0.25) is 0 Å². The minimum absolute atomic E-state index is 0.0466. The molecule has 0 radical (unpaired) electrons. The molecular weight excluding hydrogens is 276 g/mol. The number of hydrogen-bond acceptors (Lipinski definition) is 2. The van der Waals surface area contributed by atoms with Crippen LogP contribution in [0.4, 0.5) is 0 Å². The van der Waals surface area contributed by atoms with Crippen LogP contribution in [0.3, 0.4) is 0 Å². The highest BCUT2D eigenvalue weighted by Crippen LogP contribution is 2.23. The quantitative estimate of drug-likeness (QED) is 0.881. The van der Waals surface area contributed by atoms with Gasteiger partial charge in [0.05, 0.1) is 0 Å². The van der Waals surface area contributed by atoms with Crippen LogP contribution in [0.25, 0.3) is 10.8 Å². The summed E-state index contributed by atoms with van der Waals surface area (Å²) < 4.78 is 0. The third-order valence-corrected chi connectivity index (χ3v) is 4.40. The van der Waals surface area contributed by atoms with Crippen LogP contribution in [0, 0.1) is 0 Å². The smallest absolute Gasteiger partial charge is 0.245 e. The number of hydrogen-bond donors (Lipinski definition) is 1. The van der Waals surface area contributed by atoms with Gasteiger partial charge in [0.25, 0.3) is 0 Å². The van der Waals surface area contributed by atoms with Gasteiger partial charge in [0.2, 0.25) is 11.8 Å². The molecule has 0 aliphatic carbocycles. The fraction of sp³-hybridized carbons (Fsp3) is 0.333. The van der Waals surface area contributed by atoms with E-state index in [0.717, 1.165) is 16.3 Å². The first kappa shape index (κ1) is 14.6. The highest BCUT2D eigenvalue weighted by molar-refractivity contribution is 5.93. The molecule has 0 saturated carbocycles. The van der Waals surface area contributed by atoms with E-state index in [1.165, 1.54) is 0 Å². The first-order valence-electron chi connectivity index (χ1n) is 7.55. The number of nitrogens with one attached hydrogen (secondary N) is 1. The van der Waals surface area contributed by atoms with E-state index in [0.29, 0.717) is 19.5 Å². The molecular formula is C18H20N2O2. The number of nitrogens with zero attached hydrogens (tertiary/aromatic N) is 1. The van der Waals surface area contributed by atoms with Crippen LogP contribution in [0.1, 0.15) is 25.8 Å². The molecule has 4 heteroatoms. The number of carbonyl (C=O) groups excluding carboxylic acids is 2. The lowest BCUT2D eigenvalue weighted by Crippen LogP contribution is -2.62. The number of fused-ring (bicyclic) bond motifs is 1. The van der Waals surface area contributed by atoms with E-state index >= 15 is 0 Å². The van der Waals surface area contributed by atoms with Crippen LogP contribution in [-0.4, -0.2) is 28.8 Å². The van der Waals surface area contributed by atoms with E-state index in [1.54, 1.807) is 18.7 Å². The molecule has 0 unspecified atom stereocenters. The van der Waals surface area contributed by atoms with Gasteiger partial charge in [-0.2, -0.15) is 0 Å². The Balaban J connectivity index is 1.74. The first-order valence-corrected chi connectivity index (χ1v) is 7.55. The molecule has 1 N–H and O–H groups in total. The molecule has 0 atom stereocenters. The van der Waals surface area contributed by atoms with Crippen molar-refractivity contribution in [1.29, 1.82) is 0 Å². The maximum absolute atomic E-state index is 12.4. The predicted molar refractivity (Wildman–Crippen MR) is 86.2 cm³/mol. The monoisotopic (exact) mass is 296 g/mol. The lowest BCUT2D eigenvalue weighted by atomic mass is 9.96.